The smallest absolute Gasteiger partial charge is 0.151 e. The Morgan fingerprint density at radius 2 is 1.53 bits per heavy atom. The lowest BCUT2D eigenvalue weighted by Gasteiger charge is -2.04. The van der Waals surface area contributed by atoms with E-state index in [1.807, 2.05) is 0 Å². The van der Waals surface area contributed by atoms with Crippen molar-refractivity contribution in [3.05, 3.63) is 0 Å². The van der Waals surface area contributed by atoms with Crippen LogP contribution in [0.3, 0.4) is 0 Å². The highest BCUT2D eigenvalue weighted by Crippen LogP contribution is 1.98. The summed E-state index contributed by atoms with van der Waals surface area (Å²) in [4.78, 5) is 0. The van der Waals surface area contributed by atoms with E-state index >= 15 is 0 Å². The van der Waals surface area contributed by atoms with Gasteiger partial charge in [-0.1, -0.05) is 0 Å². The van der Waals surface area contributed by atoms with E-state index in [4.69, 9.17) is 23.2 Å². The van der Waals surface area contributed by atoms with Crippen molar-refractivity contribution < 1.29 is 8.42 Å². The second kappa shape index (κ2) is 9.70. The number of alkyl halides is 2. The first-order valence-corrected chi connectivity index (χ1v) is 8.04. The number of unbranched alkanes of at least 4 members (excludes halogenated alkanes) is 1. The van der Waals surface area contributed by atoms with Crippen LogP contribution < -0.4 is 5.32 Å². The molecule has 0 aromatic rings. The van der Waals surface area contributed by atoms with Crippen LogP contribution in [-0.2, 0) is 9.84 Å². The molecule has 92 valence electrons. The van der Waals surface area contributed by atoms with Crippen LogP contribution in [0, 0.1) is 0 Å². The largest absolute Gasteiger partial charge is 0.317 e. The summed E-state index contributed by atoms with van der Waals surface area (Å²) in [6.45, 7) is 1.76. The topological polar surface area (TPSA) is 46.2 Å². The van der Waals surface area contributed by atoms with E-state index in [-0.39, 0.29) is 17.4 Å². The van der Waals surface area contributed by atoms with Crippen LogP contribution in [0.2, 0.25) is 0 Å². The predicted octanol–water partition coefficient (Wildman–Crippen LogP) is 1.64. The number of nitrogens with one attached hydrogen (secondary N) is 1. The van der Waals surface area contributed by atoms with E-state index < -0.39 is 9.84 Å². The van der Waals surface area contributed by atoms with Crippen LogP contribution in [0.15, 0.2) is 0 Å². The lowest BCUT2D eigenvalue weighted by Crippen LogP contribution is -2.18. The Morgan fingerprint density at radius 3 is 2.13 bits per heavy atom. The third-order valence-corrected chi connectivity index (χ3v) is 4.35. The summed E-state index contributed by atoms with van der Waals surface area (Å²) in [5.41, 5.74) is 0. The molecule has 0 saturated heterocycles. The second-order valence-corrected chi connectivity index (χ2v) is 6.40. The van der Waals surface area contributed by atoms with Gasteiger partial charge in [-0.3, -0.25) is 0 Å². The molecule has 0 aromatic carbocycles. The quantitative estimate of drug-likeness (QED) is 0.487. The molecule has 3 nitrogen and oxygen atoms in total. The van der Waals surface area contributed by atoms with Crippen molar-refractivity contribution >= 4 is 33.0 Å². The molecule has 0 amide bonds. The van der Waals surface area contributed by atoms with Crippen LogP contribution in [-0.4, -0.2) is 44.8 Å². The maximum atomic E-state index is 11.2. The molecule has 0 aliphatic rings. The van der Waals surface area contributed by atoms with Crippen LogP contribution in [0.4, 0.5) is 0 Å². The average molecular weight is 276 g/mol. The number of hydrogen-bond acceptors (Lipinski definition) is 3. The van der Waals surface area contributed by atoms with Gasteiger partial charge in [0, 0.05) is 11.8 Å². The SMILES string of the molecule is O=S(=O)(CCCl)CCCCNCCCCl. The third kappa shape index (κ3) is 10.8. The minimum atomic E-state index is -2.91. The highest BCUT2D eigenvalue weighted by molar-refractivity contribution is 7.91. The van der Waals surface area contributed by atoms with Gasteiger partial charge in [0.2, 0.25) is 0 Å². The van der Waals surface area contributed by atoms with Crippen molar-refractivity contribution in [2.45, 2.75) is 19.3 Å². The summed E-state index contributed by atoms with van der Waals surface area (Å²) in [7, 11) is -2.91. The summed E-state index contributed by atoms with van der Waals surface area (Å²) in [5, 5.41) is 3.20. The number of sulfone groups is 1. The van der Waals surface area contributed by atoms with Gasteiger partial charge in [-0.15, -0.1) is 23.2 Å². The molecule has 0 aliphatic carbocycles. The van der Waals surface area contributed by atoms with Crippen molar-refractivity contribution in [3.8, 4) is 0 Å². The van der Waals surface area contributed by atoms with Crippen molar-refractivity contribution in [1.29, 1.82) is 0 Å². The first-order valence-electron chi connectivity index (χ1n) is 5.15. The maximum Gasteiger partial charge on any atom is 0.151 e. The van der Waals surface area contributed by atoms with Gasteiger partial charge in [0.15, 0.2) is 9.84 Å². The van der Waals surface area contributed by atoms with E-state index in [1.54, 1.807) is 0 Å². The van der Waals surface area contributed by atoms with Gasteiger partial charge in [0.05, 0.1) is 11.5 Å². The predicted molar refractivity (Wildman–Crippen MR) is 66.8 cm³/mol. The third-order valence-electron chi connectivity index (χ3n) is 1.93. The Labute approximate surface area is 102 Å². The molecule has 0 aliphatic heterocycles. The molecule has 0 saturated carbocycles. The van der Waals surface area contributed by atoms with Crippen molar-refractivity contribution in [3.63, 3.8) is 0 Å². The lowest BCUT2D eigenvalue weighted by atomic mass is 10.3. The van der Waals surface area contributed by atoms with Crippen LogP contribution in [0.5, 0.6) is 0 Å². The molecular weight excluding hydrogens is 257 g/mol. The van der Waals surface area contributed by atoms with Crippen molar-refractivity contribution in [2.24, 2.45) is 0 Å². The van der Waals surface area contributed by atoms with Gasteiger partial charge in [0.1, 0.15) is 0 Å². The molecule has 0 bridgehead atoms. The number of hydrogen-bond donors (Lipinski definition) is 1. The Morgan fingerprint density at radius 1 is 0.867 bits per heavy atom. The fourth-order valence-corrected chi connectivity index (χ4v) is 3.03. The molecule has 0 radical (unpaired) electrons. The summed E-state index contributed by atoms with van der Waals surface area (Å²) in [6.07, 6.45) is 2.53. The Bertz CT molecular complexity index is 232. The molecule has 0 unspecified atom stereocenters. The fraction of sp³-hybridized carbons (Fsp3) is 1.00. The highest BCUT2D eigenvalue weighted by atomic mass is 35.5. The molecule has 0 heterocycles. The standard InChI is InChI=1S/C9H19Cl2NO2S/c10-4-3-7-12-6-1-2-8-15(13,14)9-5-11/h12H,1-9H2. The molecule has 0 atom stereocenters. The summed E-state index contributed by atoms with van der Waals surface area (Å²) in [6, 6.07) is 0. The van der Waals surface area contributed by atoms with Crippen LogP contribution >= 0.6 is 23.2 Å². The number of rotatable bonds is 10. The Balaban J connectivity index is 3.31. The van der Waals surface area contributed by atoms with E-state index in [9.17, 15) is 8.42 Å². The normalized spacial score (nSPS) is 11.9. The summed E-state index contributed by atoms with van der Waals surface area (Å²) < 4.78 is 22.5. The second-order valence-electron chi connectivity index (χ2n) is 3.34. The minimum absolute atomic E-state index is 0.0915. The van der Waals surface area contributed by atoms with E-state index in [0.29, 0.717) is 12.3 Å². The van der Waals surface area contributed by atoms with Gasteiger partial charge >= 0.3 is 0 Å². The van der Waals surface area contributed by atoms with E-state index in [0.717, 1.165) is 25.9 Å². The van der Waals surface area contributed by atoms with Gasteiger partial charge in [-0.2, -0.15) is 0 Å². The molecule has 0 rings (SSSR count). The van der Waals surface area contributed by atoms with Crippen molar-refractivity contribution in [2.75, 3.05) is 36.4 Å². The molecule has 0 fully saturated rings. The fourth-order valence-electron chi connectivity index (χ4n) is 1.11. The van der Waals surface area contributed by atoms with Crippen LogP contribution in [0.1, 0.15) is 19.3 Å². The summed E-state index contributed by atoms with van der Waals surface area (Å²) >= 11 is 10.9. The zero-order chi connectivity index (χ0) is 11.6. The van der Waals surface area contributed by atoms with Gasteiger partial charge in [-0.05, 0) is 32.4 Å². The lowest BCUT2D eigenvalue weighted by molar-refractivity contribution is 0.587. The molecule has 1 N–H and O–H groups in total. The molecule has 6 heteroatoms. The summed E-state index contributed by atoms with van der Waals surface area (Å²) in [5.74, 6) is 1.19. The maximum absolute atomic E-state index is 11.2. The molecular formula is C9H19Cl2NO2S. The van der Waals surface area contributed by atoms with Crippen LogP contribution in [0.25, 0.3) is 0 Å². The van der Waals surface area contributed by atoms with E-state index in [2.05, 4.69) is 5.32 Å². The highest BCUT2D eigenvalue weighted by Gasteiger charge is 2.08. The van der Waals surface area contributed by atoms with Crippen molar-refractivity contribution in [1.82, 2.24) is 5.32 Å². The Hall–Kier alpha value is 0.490. The number of halogens is 2. The van der Waals surface area contributed by atoms with E-state index in [1.165, 1.54) is 0 Å². The first-order chi connectivity index (χ1) is 7.12. The minimum Gasteiger partial charge on any atom is -0.317 e. The zero-order valence-electron chi connectivity index (χ0n) is 8.84. The monoisotopic (exact) mass is 275 g/mol. The Kier molecular flexibility index (Phi) is 10.0. The van der Waals surface area contributed by atoms with Gasteiger partial charge in [0.25, 0.3) is 0 Å². The zero-order valence-corrected chi connectivity index (χ0v) is 11.2. The molecule has 0 aromatic heterocycles. The average Bonchev–Trinajstić information content (AvgIpc) is 2.16. The first kappa shape index (κ1) is 15.5. The van der Waals surface area contributed by atoms with Gasteiger partial charge in [-0.25, -0.2) is 8.42 Å². The molecule has 0 spiro atoms. The van der Waals surface area contributed by atoms with Gasteiger partial charge < -0.3 is 5.32 Å². The molecule has 15 heavy (non-hydrogen) atoms.